The SMILES string of the molecule is COc1ccc(N(CC(=O)N/N=C\c2cccc([N+](=O)[O-])c2)S(=O)(=O)c2ccccc2)cc1Cl. The van der Waals surface area contributed by atoms with Gasteiger partial charge >= 0.3 is 0 Å². The minimum Gasteiger partial charge on any atom is -0.495 e. The number of anilines is 1. The Bertz CT molecular complexity index is 1330. The monoisotopic (exact) mass is 502 g/mol. The molecule has 1 N–H and O–H groups in total. The zero-order valence-electron chi connectivity index (χ0n) is 17.8. The van der Waals surface area contributed by atoms with Gasteiger partial charge in [0.25, 0.3) is 21.6 Å². The summed E-state index contributed by atoms with van der Waals surface area (Å²) >= 11 is 6.17. The first-order chi connectivity index (χ1) is 16.2. The molecule has 0 aliphatic heterocycles. The molecule has 3 aromatic rings. The Morgan fingerprint density at radius 1 is 1.15 bits per heavy atom. The van der Waals surface area contributed by atoms with Crippen LogP contribution >= 0.6 is 11.6 Å². The van der Waals surface area contributed by atoms with Crippen molar-refractivity contribution in [2.45, 2.75) is 4.90 Å². The number of rotatable bonds is 9. The number of nitro groups is 1. The van der Waals surface area contributed by atoms with Crippen LogP contribution in [-0.4, -0.2) is 39.1 Å². The summed E-state index contributed by atoms with van der Waals surface area (Å²) in [6.07, 6.45) is 1.21. The van der Waals surface area contributed by atoms with Gasteiger partial charge in [-0.05, 0) is 30.3 Å². The molecule has 3 rings (SSSR count). The minimum absolute atomic E-state index is 0.0187. The molecule has 0 radical (unpaired) electrons. The number of non-ortho nitro benzene ring substituents is 1. The highest BCUT2D eigenvalue weighted by Gasteiger charge is 2.27. The van der Waals surface area contributed by atoms with Gasteiger partial charge in [0, 0.05) is 17.7 Å². The minimum atomic E-state index is -4.13. The molecule has 0 spiro atoms. The van der Waals surface area contributed by atoms with Crippen LogP contribution in [0.1, 0.15) is 5.56 Å². The molecule has 0 heterocycles. The smallest absolute Gasteiger partial charge is 0.270 e. The summed E-state index contributed by atoms with van der Waals surface area (Å²) in [5.41, 5.74) is 2.63. The third-order valence-corrected chi connectivity index (χ3v) is 6.61. The Labute approximate surface area is 200 Å². The quantitative estimate of drug-likeness (QED) is 0.270. The van der Waals surface area contributed by atoms with Gasteiger partial charge in [0.05, 0.1) is 33.9 Å². The van der Waals surface area contributed by atoms with Crippen LogP contribution < -0.4 is 14.5 Å². The van der Waals surface area contributed by atoms with Gasteiger partial charge in [0.15, 0.2) is 0 Å². The summed E-state index contributed by atoms with van der Waals surface area (Å²) in [5.74, 6) is -0.401. The maximum Gasteiger partial charge on any atom is 0.270 e. The Kier molecular flexibility index (Phi) is 7.82. The van der Waals surface area contributed by atoms with Crippen LogP contribution in [-0.2, 0) is 14.8 Å². The Hall–Kier alpha value is -3.96. The Balaban J connectivity index is 1.85. The highest BCUT2D eigenvalue weighted by atomic mass is 35.5. The number of hydrogen-bond acceptors (Lipinski definition) is 7. The molecule has 0 saturated heterocycles. The largest absolute Gasteiger partial charge is 0.495 e. The van der Waals surface area contributed by atoms with Crippen molar-refractivity contribution in [1.29, 1.82) is 0 Å². The van der Waals surface area contributed by atoms with Crippen molar-refractivity contribution in [2.24, 2.45) is 5.10 Å². The first-order valence-corrected chi connectivity index (χ1v) is 11.5. The predicted octanol–water partition coefficient (Wildman–Crippen LogP) is 3.60. The fourth-order valence-corrected chi connectivity index (χ4v) is 4.59. The van der Waals surface area contributed by atoms with Crippen molar-refractivity contribution in [3.63, 3.8) is 0 Å². The van der Waals surface area contributed by atoms with Gasteiger partial charge in [-0.2, -0.15) is 5.10 Å². The summed E-state index contributed by atoms with van der Waals surface area (Å²) in [6, 6.07) is 17.6. The molecule has 0 atom stereocenters. The third-order valence-electron chi connectivity index (χ3n) is 4.53. The van der Waals surface area contributed by atoms with E-state index in [1.165, 1.54) is 61.9 Å². The highest BCUT2D eigenvalue weighted by molar-refractivity contribution is 7.92. The number of halogens is 1. The molecular weight excluding hydrogens is 484 g/mol. The average molecular weight is 503 g/mol. The van der Waals surface area contributed by atoms with Crippen LogP contribution in [0.25, 0.3) is 0 Å². The summed E-state index contributed by atoms with van der Waals surface area (Å²) in [6.45, 7) is -0.605. The van der Waals surface area contributed by atoms with Gasteiger partial charge in [0.2, 0.25) is 0 Å². The van der Waals surface area contributed by atoms with E-state index in [2.05, 4.69) is 10.5 Å². The molecule has 3 aromatic carbocycles. The lowest BCUT2D eigenvalue weighted by atomic mass is 10.2. The van der Waals surface area contributed by atoms with Crippen LogP contribution in [0.15, 0.2) is 82.8 Å². The molecule has 0 aromatic heterocycles. The van der Waals surface area contributed by atoms with Crippen molar-refractivity contribution < 1.29 is 22.9 Å². The fourth-order valence-electron chi connectivity index (χ4n) is 2.91. The number of ether oxygens (including phenoxy) is 1. The zero-order valence-corrected chi connectivity index (χ0v) is 19.4. The van der Waals surface area contributed by atoms with Crippen molar-refractivity contribution >= 4 is 45.1 Å². The van der Waals surface area contributed by atoms with Gasteiger partial charge in [-0.25, -0.2) is 13.8 Å². The van der Waals surface area contributed by atoms with E-state index >= 15 is 0 Å². The normalized spacial score (nSPS) is 11.2. The molecule has 0 unspecified atom stereocenters. The molecule has 34 heavy (non-hydrogen) atoms. The first kappa shape index (κ1) is 24.7. The second-order valence-electron chi connectivity index (χ2n) is 6.79. The molecule has 0 bridgehead atoms. The van der Waals surface area contributed by atoms with Crippen molar-refractivity contribution in [2.75, 3.05) is 18.0 Å². The number of hydrazone groups is 1. The number of sulfonamides is 1. The van der Waals surface area contributed by atoms with E-state index in [1.807, 2.05) is 0 Å². The number of methoxy groups -OCH3 is 1. The second-order valence-corrected chi connectivity index (χ2v) is 9.06. The van der Waals surface area contributed by atoms with E-state index in [1.54, 1.807) is 24.3 Å². The first-order valence-electron chi connectivity index (χ1n) is 9.70. The molecule has 0 fully saturated rings. The number of nitrogens with one attached hydrogen (secondary N) is 1. The van der Waals surface area contributed by atoms with Crippen LogP contribution in [0, 0.1) is 10.1 Å². The fraction of sp³-hybridized carbons (Fsp3) is 0.0909. The molecule has 0 aliphatic rings. The summed E-state index contributed by atoms with van der Waals surface area (Å²) in [7, 11) is -2.71. The van der Waals surface area contributed by atoms with E-state index in [0.717, 1.165) is 4.31 Å². The molecule has 0 saturated carbocycles. The number of amides is 1. The third kappa shape index (κ3) is 5.88. The van der Waals surface area contributed by atoms with E-state index in [-0.39, 0.29) is 21.3 Å². The molecule has 1 amide bonds. The highest BCUT2D eigenvalue weighted by Crippen LogP contribution is 2.31. The van der Waals surface area contributed by atoms with Crippen molar-refractivity contribution in [3.8, 4) is 5.75 Å². The number of nitro benzene ring substituents is 1. The lowest BCUT2D eigenvalue weighted by molar-refractivity contribution is -0.384. The Morgan fingerprint density at radius 3 is 2.53 bits per heavy atom. The van der Waals surface area contributed by atoms with Gasteiger partial charge in [0.1, 0.15) is 12.3 Å². The van der Waals surface area contributed by atoms with Crippen LogP contribution in [0.4, 0.5) is 11.4 Å². The topological polar surface area (TPSA) is 131 Å². The number of hydrogen-bond donors (Lipinski definition) is 1. The van der Waals surface area contributed by atoms with Crippen LogP contribution in [0.2, 0.25) is 5.02 Å². The Morgan fingerprint density at radius 2 is 1.88 bits per heavy atom. The molecule has 12 heteroatoms. The van der Waals surface area contributed by atoms with Crippen molar-refractivity contribution in [3.05, 3.63) is 93.5 Å². The summed E-state index contributed by atoms with van der Waals surface area (Å²) in [5, 5.41) is 14.8. The molecule has 0 aliphatic carbocycles. The van der Waals surface area contributed by atoms with E-state index in [4.69, 9.17) is 16.3 Å². The van der Waals surface area contributed by atoms with Gasteiger partial charge in [-0.15, -0.1) is 0 Å². The molecule has 176 valence electrons. The second kappa shape index (κ2) is 10.8. The van der Waals surface area contributed by atoms with E-state index < -0.39 is 27.4 Å². The lowest BCUT2D eigenvalue weighted by Crippen LogP contribution is -2.39. The van der Waals surface area contributed by atoms with Gasteiger partial charge < -0.3 is 4.74 Å². The van der Waals surface area contributed by atoms with E-state index in [9.17, 15) is 23.3 Å². The van der Waals surface area contributed by atoms with Crippen LogP contribution in [0.5, 0.6) is 5.75 Å². The standard InChI is InChI=1S/C22H19ClN4O6S/c1-33-21-11-10-17(13-20(21)23)26(34(31,32)19-8-3-2-4-9-19)15-22(28)25-24-14-16-6-5-7-18(12-16)27(29)30/h2-14H,15H2,1H3,(H,25,28)/b24-14-. The van der Waals surface area contributed by atoms with Gasteiger partial charge in [-0.3, -0.25) is 19.2 Å². The van der Waals surface area contributed by atoms with E-state index in [0.29, 0.717) is 11.3 Å². The maximum absolute atomic E-state index is 13.3. The molecule has 10 nitrogen and oxygen atoms in total. The molecular formula is C22H19ClN4O6S. The number of benzene rings is 3. The number of nitrogens with zero attached hydrogens (tertiary/aromatic N) is 3. The van der Waals surface area contributed by atoms with Gasteiger partial charge in [-0.1, -0.05) is 41.9 Å². The lowest BCUT2D eigenvalue weighted by Gasteiger charge is -2.24. The maximum atomic E-state index is 13.3. The van der Waals surface area contributed by atoms with Crippen LogP contribution in [0.3, 0.4) is 0 Å². The summed E-state index contributed by atoms with van der Waals surface area (Å²) < 4.78 is 32.6. The summed E-state index contributed by atoms with van der Waals surface area (Å²) in [4.78, 5) is 22.9. The number of carbonyl (C=O) groups is 1. The zero-order chi connectivity index (χ0) is 24.7. The number of carbonyl (C=O) groups excluding carboxylic acids is 1. The van der Waals surface area contributed by atoms with Crippen molar-refractivity contribution in [1.82, 2.24) is 5.43 Å². The average Bonchev–Trinajstić information content (AvgIpc) is 2.83. The predicted molar refractivity (Wildman–Crippen MR) is 128 cm³/mol.